The molecule has 0 aromatic carbocycles. The first-order valence-corrected chi connectivity index (χ1v) is 5.70. The molecule has 2 unspecified atom stereocenters. The molecule has 11 heavy (non-hydrogen) atoms. The highest BCUT2D eigenvalue weighted by Crippen LogP contribution is 2.32. The highest BCUT2D eigenvalue weighted by Gasteiger charge is 2.36. The van der Waals surface area contributed by atoms with Crippen molar-refractivity contribution in [2.45, 2.75) is 48.6 Å². The molecule has 2 nitrogen and oxygen atoms in total. The van der Waals surface area contributed by atoms with Gasteiger partial charge in [0.2, 0.25) is 0 Å². The summed E-state index contributed by atoms with van der Waals surface area (Å²) in [5.74, 6) is 0. The third kappa shape index (κ3) is 1.36. The second-order valence-corrected chi connectivity index (χ2v) is 5.73. The molecule has 2 aliphatic rings. The van der Waals surface area contributed by atoms with E-state index in [0.29, 0.717) is 16.5 Å². The molecule has 3 heteroatoms. The third-order valence-electron chi connectivity index (χ3n) is 2.84. The van der Waals surface area contributed by atoms with Crippen LogP contribution in [0.25, 0.3) is 0 Å². The Morgan fingerprint density at radius 1 is 1.18 bits per heavy atom. The molecule has 0 amide bonds. The molecule has 2 heterocycles. The van der Waals surface area contributed by atoms with Crippen LogP contribution in [0.1, 0.15) is 32.1 Å². The predicted octanol–water partition coefficient (Wildman–Crippen LogP) is 0.777. The van der Waals surface area contributed by atoms with Crippen LogP contribution in [0.5, 0.6) is 0 Å². The monoisotopic (exact) mass is 173 g/mol. The van der Waals surface area contributed by atoms with Crippen molar-refractivity contribution >= 4 is 10.8 Å². The van der Waals surface area contributed by atoms with Crippen molar-refractivity contribution in [3.8, 4) is 0 Å². The van der Waals surface area contributed by atoms with Crippen LogP contribution < -0.4 is 5.73 Å². The summed E-state index contributed by atoms with van der Waals surface area (Å²) in [5, 5.41) is 0.884. The van der Waals surface area contributed by atoms with E-state index in [4.69, 9.17) is 5.73 Å². The zero-order chi connectivity index (χ0) is 7.84. The molecular weight excluding hydrogens is 158 g/mol. The molecule has 2 fully saturated rings. The minimum absolute atomic E-state index is 0.336. The van der Waals surface area contributed by atoms with E-state index >= 15 is 0 Å². The van der Waals surface area contributed by atoms with Crippen molar-refractivity contribution < 1.29 is 4.21 Å². The van der Waals surface area contributed by atoms with E-state index in [9.17, 15) is 4.21 Å². The molecule has 0 aliphatic carbocycles. The number of nitrogens with two attached hydrogens (primary N) is 1. The van der Waals surface area contributed by atoms with Crippen molar-refractivity contribution in [3.05, 3.63) is 0 Å². The third-order valence-corrected chi connectivity index (χ3v) is 5.01. The second-order valence-electron chi connectivity index (χ2n) is 3.73. The molecule has 2 rings (SSSR count). The molecular formula is C8H15NOS. The van der Waals surface area contributed by atoms with E-state index in [1.165, 1.54) is 6.42 Å². The Morgan fingerprint density at radius 3 is 2.27 bits per heavy atom. The van der Waals surface area contributed by atoms with Gasteiger partial charge in [0.1, 0.15) is 0 Å². The maximum Gasteiger partial charge on any atom is 0.0365 e. The maximum atomic E-state index is 11.6. The van der Waals surface area contributed by atoms with E-state index in [1.807, 2.05) is 0 Å². The van der Waals surface area contributed by atoms with Crippen LogP contribution in [0, 0.1) is 0 Å². The molecule has 2 aliphatic heterocycles. The van der Waals surface area contributed by atoms with Gasteiger partial charge < -0.3 is 5.73 Å². The summed E-state index contributed by atoms with van der Waals surface area (Å²) in [5.41, 5.74) is 5.85. The standard InChI is InChI=1S/C8H15NOS/c9-6-4-7-2-1-3-8(5-6)11(7)10/h6-8H,1-5,9H2. The highest BCUT2D eigenvalue weighted by atomic mass is 32.2. The van der Waals surface area contributed by atoms with Crippen LogP contribution in [0.3, 0.4) is 0 Å². The van der Waals surface area contributed by atoms with Crippen LogP contribution in [-0.4, -0.2) is 20.8 Å². The minimum atomic E-state index is -0.537. The number of hydrogen-bond acceptors (Lipinski definition) is 2. The van der Waals surface area contributed by atoms with Gasteiger partial charge >= 0.3 is 0 Å². The lowest BCUT2D eigenvalue weighted by Gasteiger charge is -2.36. The molecule has 0 aromatic rings. The summed E-state index contributed by atoms with van der Waals surface area (Å²) in [6.07, 6.45) is 5.58. The minimum Gasteiger partial charge on any atom is -0.328 e. The zero-order valence-electron chi connectivity index (χ0n) is 6.66. The molecule has 2 saturated heterocycles. The fourth-order valence-electron chi connectivity index (χ4n) is 2.27. The van der Waals surface area contributed by atoms with Crippen molar-refractivity contribution in [2.24, 2.45) is 5.73 Å². The van der Waals surface area contributed by atoms with E-state index in [1.54, 1.807) is 0 Å². The van der Waals surface area contributed by atoms with Gasteiger partial charge in [-0.1, -0.05) is 6.42 Å². The van der Waals surface area contributed by atoms with Crippen molar-refractivity contribution in [1.29, 1.82) is 0 Å². The summed E-state index contributed by atoms with van der Waals surface area (Å²) >= 11 is 0. The first-order chi connectivity index (χ1) is 5.27. The largest absolute Gasteiger partial charge is 0.328 e. The lowest BCUT2D eigenvalue weighted by Crippen LogP contribution is -2.44. The van der Waals surface area contributed by atoms with Gasteiger partial charge in [0.25, 0.3) is 0 Å². The number of fused-ring (bicyclic) bond motifs is 2. The van der Waals surface area contributed by atoms with Gasteiger partial charge in [0.05, 0.1) is 0 Å². The van der Waals surface area contributed by atoms with E-state index in [-0.39, 0.29) is 0 Å². The first kappa shape index (κ1) is 7.74. The Kier molecular flexibility index (Phi) is 2.02. The van der Waals surface area contributed by atoms with E-state index in [0.717, 1.165) is 25.7 Å². The van der Waals surface area contributed by atoms with Gasteiger partial charge in [-0.05, 0) is 25.7 Å². The van der Waals surface area contributed by atoms with Gasteiger partial charge in [-0.2, -0.15) is 0 Å². The van der Waals surface area contributed by atoms with Gasteiger partial charge in [-0.25, -0.2) is 0 Å². The normalized spacial score (nSPS) is 50.6. The average molecular weight is 173 g/mol. The first-order valence-electron chi connectivity index (χ1n) is 4.42. The van der Waals surface area contributed by atoms with Crippen molar-refractivity contribution in [3.63, 3.8) is 0 Å². The highest BCUT2D eigenvalue weighted by molar-refractivity contribution is 7.86. The summed E-state index contributed by atoms with van der Waals surface area (Å²) in [6.45, 7) is 0. The van der Waals surface area contributed by atoms with Gasteiger partial charge in [-0.15, -0.1) is 0 Å². The maximum absolute atomic E-state index is 11.6. The van der Waals surface area contributed by atoms with Crippen LogP contribution in [0.4, 0.5) is 0 Å². The lowest BCUT2D eigenvalue weighted by atomic mass is 9.95. The summed E-state index contributed by atoms with van der Waals surface area (Å²) in [4.78, 5) is 0. The van der Waals surface area contributed by atoms with Gasteiger partial charge in [0.15, 0.2) is 0 Å². The van der Waals surface area contributed by atoms with Gasteiger partial charge in [0, 0.05) is 27.3 Å². The SMILES string of the molecule is NC1CC2CCCC(C1)S2=O. The topological polar surface area (TPSA) is 43.1 Å². The predicted molar refractivity (Wildman–Crippen MR) is 46.8 cm³/mol. The Labute approximate surface area is 70.0 Å². The summed E-state index contributed by atoms with van der Waals surface area (Å²) in [6, 6.07) is 0.336. The molecule has 2 N–H and O–H groups in total. The Balaban J connectivity index is 2.13. The molecule has 0 spiro atoms. The molecule has 0 radical (unpaired) electrons. The fraction of sp³-hybridized carbons (Fsp3) is 1.00. The second kappa shape index (κ2) is 2.87. The molecule has 0 aromatic heterocycles. The van der Waals surface area contributed by atoms with E-state index < -0.39 is 10.8 Å². The fourth-order valence-corrected chi connectivity index (χ4v) is 4.49. The summed E-state index contributed by atoms with van der Waals surface area (Å²) < 4.78 is 11.6. The van der Waals surface area contributed by atoms with Crippen LogP contribution in [-0.2, 0) is 10.8 Å². The number of hydrogen-bond donors (Lipinski definition) is 1. The molecule has 2 atom stereocenters. The molecule has 2 bridgehead atoms. The van der Waals surface area contributed by atoms with Crippen molar-refractivity contribution in [2.75, 3.05) is 0 Å². The Hall–Kier alpha value is 0.110. The lowest BCUT2D eigenvalue weighted by molar-refractivity contribution is 0.423. The Morgan fingerprint density at radius 2 is 1.73 bits per heavy atom. The average Bonchev–Trinajstić information content (AvgIpc) is 1.92. The molecule has 64 valence electrons. The van der Waals surface area contributed by atoms with Crippen LogP contribution in [0.15, 0.2) is 0 Å². The Bertz CT molecular complexity index is 167. The zero-order valence-corrected chi connectivity index (χ0v) is 7.48. The quantitative estimate of drug-likeness (QED) is 0.588. The van der Waals surface area contributed by atoms with E-state index in [2.05, 4.69) is 0 Å². The number of rotatable bonds is 0. The van der Waals surface area contributed by atoms with Crippen LogP contribution in [0.2, 0.25) is 0 Å². The van der Waals surface area contributed by atoms with Crippen molar-refractivity contribution in [1.82, 2.24) is 0 Å². The molecule has 0 saturated carbocycles. The van der Waals surface area contributed by atoms with Crippen LogP contribution >= 0.6 is 0 Å². The smallest absolute Gasteiger partial charge is 0.0365 e. The van der Waals surface area contributed by atoms with Gasteiger partial charge in [-0.3, -0.25) is 4.21 Å². The summed E-state index contributed by atoms with van der Waals surface area (Å²) in [7, 11) is -0.537.